The quantitative estimate of drug-likeness (QED) is 0.571. The van der Waals surface area contributed by atoms with Gasteiger partial charge in [-0.25, -0.2) is 4.98 Å². The zero-order valence-electron chi connectivity index (χ0n) is 10.5. The van der Waals surface area contributed by atoms with Crippen molar-refractivity contribution in [2.24, 2.45) is 5.10 Å². The fraction of sp³-hybridized carbons (Fsp3) is 0.0769. The molecule has 2 aromatic heterocycles. The summed E-state index contributed by atoms with van der Waals surface area (Å²) in [5, 5.41) is 7.25. The Bertz CT molecular complexity index is 791. The van der Waals surface area contributed by atoms with Crippen LogP contribution in [-0.2, 0) is 0 Å². The van der Waals surface area contributed by atoms with Gasteiger partial charge in [-0.05, 0) is 24.6 Å². The van der Waals surface area contributed by atoms with E-state index in [1.165, 1.54) is 11.3 Å². The molecule has 0 fully saturated rings. The van der Waals surface area contributed by atoms with E-state index in [1.807, 2.05) is 41.1 Å². The number of rotatable bonds is 3. The average molecular weight is 325 g/mol. The maximum absolute atomic E-state index is 6.07. The fourth-order valence-electron chi connectivity index (χ4n) is 1.72. The third-order valence-electron chi connectivity index (χ3n) is 2.81. The van der Waals surface area contributed by atoms with Gasteiger partial charge in [0.15, 0.2) is 10.1 Å². The van der Waals surface area contributed by atoms with Crippen LogP contribution in [0.4, 0.5) is 5.69 Å². The van der Waals surface area contributed by atoms with Crippen molar-refractivity contribution in [3.05, 3.63) is 51.2 Å². The van der Waals surface area contributed by atoms with Crippen LogP contribution in [0.15, 0.2) is 34.9 Å². The van der Waals surface area contributed by atoms with Crippen LogP contribution in [0.25, 0.3) is 4.96 Å². The van der Waals surface area contributed by atoms with Crippen molar-refractivity contribution >= 4 is 51.4 Å². The van der Waals surface area contributed by atoms with Gasteiger partial charge in [0.25, 0.3) is 0 Å². The normalized spacial score (nSPS) is 11.6. The lowest BCUT2D eigenvalue weighted by molar-refractivity contribution is 1.21. The monoisotopic (exact) mass is 324 g/mol. The molecule has 0 amide bonds. The Balaban J connectivity index is 1.82. The van der Waals surface area contributed by atoms with Crippen molar-refractivity contribution in [2.75, 3.05) is 5.43 Å². The van der Waals surface area contributed by atoms with Gasteiger partial charge >= 0.3 is 0 Å². The number of hydrazone groups is 1. The van der Waals surface area contributed by atoms with Gasteiger partial charge < -0.3 is 0 Å². The lowest BCUT2D eigenvalue weighted by Crippen LogP contribution is -1.94. The highest BCUT2D eigenvalue weighted by Gasteiger charge is 2.08. The largest absolute Gasteiger partial charge is 0.288 e. The Hall–Kier alpha value is -1.56. The molecule has 7 heteroatoms. The molecule has 0 radical (unpaired) electrons. The first-order valence-corrected chi connectivity index (χ1v) is 7.45. The maximum atomic E-state index is 6.07. The minimum absolute atomic E-state index is 0.435. The van der Waals surface area contributed by atoms with Crippen LogP contribution in [0, 0.1) is 6.92 Å². The Kier molecular flexibility index (Phi) is 3.65. The first-order valence-electron chi connectivity index (χ1n) is 5.81. The summed E-state index contributed by atoms with van der Waals surface area (Å²) in [4.78, 5) is 5.07. The van der Waals surface area contributed by atoms with Crippen molar-refractivity contribution in [1.29, 1.82) is 0 Å². The molecule has 3 aromatic rings. The van der Waals surface area contributed by atoms with Gasteiger partial charge in [-0.2, -0.15) is 5.10 Å². The number of thiazole rings is 1. The summed E-state index contributed by atoms with van der Waals surface area (Å²) >= 11 is 13.7. The Morgan fingerprint density at radius 1 is 1.40 bits per heavy atom. The fourth-order valence-corrected chi connectivity index (χ4v) is 2.89. The van der Waals surface area contributed by atoms with Gasteiger partial charge in [-0.1, -0.05) is 29.3 Å². The molecule has 0 spiro atoms. The van der Waals surface area contributed by atoms with Crippen molar-refractivity contribution in [3.63, 3.8) is 0 Å². The molecule has 20 heavy (non-hydrogen) atoms. The van der Waals surface area contributed by atoms with E-state index >= 15 is 0 Å². The smallest absolute Gasteiger partial charge is 0.195 e. The molecule has 1 aromatic carbocycles. The first-order chi connectivity index (χ1) is 9.65. The highest BCUT2D eigenvalue weighted by atomic mass is 35.5. The number of halogens is 2. The van der Waals surface area contributed by atoms with Gasteiger partial charge in [0, 0.05) is 16.6 Å². The summed E-state index contributed by atoms with van der Waals surface area (Å²) in [5.74, 6) is 0. The predicted octanol–water partition coefficient (Wildman–Crippen LogP) is 4.46. The summed E-state index contributed by atoms with van der Waals surface area (Å²) in [5.41, 5.74) is 5.51. The third-order valence-corrected chi connectivity index (χ3v) is 4.25. The Morgan fingerprint density at radius 2 is 2.25 bits per heavy atom. The zero-order chi connectivity index (χ0) is 14.1. The molecule has 0 aliphatic rings. The Morgan fingerprint density at radius 3 is 3.05 bits per heavy atom. The second-order valence-electron chi connectivity index (χ2n) is 4.18. The molecule has 0 unspecified atom stereocenters. The second-order valence-corrected chi connectivity index (χ2v) is 5.82. The molecule has 2 heterocycles. The van der Waals surface area contributed by atoms with E-state index in [0.29, 0.717) is 10.2 Å². The summed E-state index contributed by atoms with van der Waals surface area (Å²) in [7, 11) is 0. The van der Waals surface area contributed by atoms with Crippen molar-refractivity contribution < 1.29 is 0 Å². The lowest BCUT2D eigenvalue weighted by atomic mass is 10.2. The topological polar surface area (TPSA) is 41.7 Å². The number of hydrogen-bond donors (Lipinski definition) is 1. The standard InChI is InChI=1S/C13H10Cl2N4S/c1-8-2-3-9(6-10(8)14)18-16-7-11-12(15)17-13-19(11)4-5-20-13/h2-7,18H,1H3/b16-7+. The lowest BCUT2D eigenvalue weighted by Gasteiger charge is -2.02. The number of nitrogens with zero attached hydrogens (tertiary/aromatic N) is 3. The molecule has 3 rings (SSSR count). The number of benzene rings is 1. The molecule has 0 bridgehead atoms. The molecule has 4 nitrogen and oxygen atoms in total. The van der Waals surface area contributed by atoms with E-state index in [9.17, 15) is 0 Å². The van der Waals surface area contributed by atoms with Gasteiger partial charge in [0.2, 0.25) is 0 Å². The molecular formula is C13H10Cl2N4S. The first kappa shape index (κ1) is 13.4. The third kappa shape index (κ3) is 2.52. The zero-order valence-corrected chi connectivity index (χ0v) is 12.8. The van der Waals surface area contributed by atoms with Crippen LogP contribution in [0.3, 0.4) is 0 Å². The van der Waals surface area contributed by atoms with Gasteiger partial charge in [0.1, 0.15) is 5.69 Å². The number of hydrogen-bond acceptors (Lipinski definition) is 4. The molecule has 0 aliphatic carbocycles. The van der Waals surface area contributed by atoms with Crippen LogP contribution in [0.2, 0.25) is 10.2 Å². The van der Waals surface area contributed by atoms with Crippen LogP contribution in [0.5, 0.6) is 0 Å². The van der Waals surface area contributed by atoms with Crippen LogP contribution in [-0.4, -0.2) is 15.6 Å². The van der Waals surface area contributed by atoms with E-state index < -0.39 is 0 Å². The van der Waals surface area contributed by atoms with E-state index in [-0.39, 0.29) is 0 Å². The number of aryl methyl sites for hydroxylation is 1. The highest BCUT2D eigenvalue weighted by Crippen LogP contribution is 2.21. The number of fused-ring (bicyclic) bond motifs is 1. The van der Waals surface area contributed by atoms with Gasteiger partial charge in [-0.3, -0.25) is 9.83 Å². The van der Waals surface area contributed by atoms with E-state index in [2.05, 4.69) is 15.5 Å². The molecule has 102 valence electrons. The molecule has 0 saturated heterocycles. The van der Waals surface area contributed by atoms with Crippen molar-refractivity contribution in [2.45, 2.75) is 6.92 Å². The van der Waals surface area contributed by atoms with Gasteiger partial charge in [-0.15, -0.1) is 11.3 Å². The summed E-state index contributed by atoms with van der Waals surface area (Å²) in [6.07, 6.45) is 3.55. The molecular weight excluding hydrogens is 315 g/mol. The molecule has 0 aliphatic heterocycles. The van der Waals surface area contributed by atoms with Crippen molar-refractivity contribution in [3.8, 4) is 0 Å². The molecule has 0 atom stereocenters. The van der Waals surface area contributed by atoms with Crippen molar-refractivity contribution in [1.82, 2.24) is 9.38 Å². The van der Waals surface area contributed by atoms with Gasteiger partial charge in [0.05, 0.1) is 11.9 Å². The second kappa shape index (κ2) is 5.44. The summed E-state index contributed by atoms with van der Waals surface area (Å²) in [6, 6.07) is 5.67. The predicted molar refractivity (Wildman–Crippen MR) is 85.5 cm³/mol. The number of anilines is 1. The van der Waals surface area contributed by atoms with E-state index in [1.54, 1.807) is 6.21 Å². The molecule has 0 saturated carbocycles. The number of aromatic nitrogens is 2. The number of nitrogens with one attached hydrogen (secondary N) is 1. The summed E-state index contributed by atoms with van der Waals surface area (Å²) < 4.78 is 1.89. The van der Waals surface area contributed by atoms with E-state index in [0.717, 1.165) is 21.9 Å². The maximum Gasteiger partial charge on any atom is 0.195 e. The number of imidazole rings is 1. The average Bonchev–Trinajstić information content (AvgIpc) is 2.96. The summed E-state index contributed by atoms with van der Waals surface area (Å²) in [6.45, 7) is 1.95. The molecule has 1 N–H and O–H groups in total. The minimum atomic E-state index is 0.435. The minimum Gasteiger partial charge on any atom is -0.288 e. The van der Waals surface area contributed by atoms with Crippen LogP contribution < -0.4 is 5.43 Å². The van der Waals surface area contributed by atoms with Crippen LogP contribution >= 0.6 is 34.5 Å². The Labute approximate surface area is 129 Å². The SMILES string of the molecule is Cc1ccc(N/N=C/c2c(Cl)nc3sccn23)cc1Cl. The van der Waals surface area contributed by atoms with Crippen LogP contribution in [0.1, 0.15) is 11.3 Å². The van der Waals surface area contributed by atoms with E-state index in [4.69, 9.17) is 23.2 Å². The highest BCUT2D eigenvalue weighted by molar-refractivity contribution is 7.15.